The summed E-state index contributed by atoms with van der Waals surface area (Å²) < 4.78 is 5.92. The van der Waals surface area contributed by atoms with Gasteiger partial charge in [-0.25, -0.2) is 0 Å². The van der Waals surface area contributed by atoms with E-state index < -0.39 is 4.92 Å². The molecule has 31 heavy (non-hydrogen) atoms. The standard InChI is InChI=1S/C24H23N3O4/c28-24(20-9-11-21(12-10-20)27(29)30)26-15-13-25(14-16-26)18-19-5-4-8-23(17-19)31-22-6-2-1-3-7-22/h1-12,17H,13-16,18H2/p+1. The second-order valence-corrected chi connectivity index (χ2v) is 7.59. The van der Waals surface area contributed by atoms with E-state index in [0.717, 1.165) is 31.1 Å². The highest BCUT2D eigenvalue weighted by molar-refractivity contribution is 5.94. The van der Waals surface area contributed by atoms with Crippen LogP contribution in [0.1, 0.15) is 15.9 Å². The van der Waals surface area contributed by atoms with E-state index in [1.54, 1.807) is 0 Å². The van der Waals surface area contributed by atoms with Crippen molar-refractivity contribution in [3.63, 3.8) is 0 Å². The summed E-state index contributed by atoms with van der Waals surface area (Å²) in [5.41, 5.74) is 1.67. The lowest BCUT2D eigenvalue weighted by molar-refractivity contribution is -0.917. The first-order valence-corrected chi connectivity index (χ1v) is 10.3. The first-order valence-electron chi connectivity index (χ1n) is 10.3. The Labute approximate surface area is 180 Å². The molecule has 1 N–H and O–H groups in total. The van der Waals surface area contributed by atoms with Crippen molar-refractivity contribution in [3.05, 3.63) is 100 Å². The fraction of sp³-hybridized carbons (Fsp3) is 0.208. The SMILES string of the molecule is O=C(c1ccc([N+](=O)[O-])cc1)N1CC[NH+](Cc2cccc(Oc3ccccc3)c2)CC1. The number of quaternary nitrogens is 1. The Hall–Kier alpha value is -3.71. The lowest BCUT2D eigenvalue weighted by Crippen LogP contribution is -3.13. The number of nitro benzene ring substituents is 1. The van der Waals surface area contributed by atoms with E-state index in [9.17, 15) is 14.9 Å². The van der Waals surface area contributed by atoms with Gasteiger partial charge in [-0.3, -0.25) is 14.9 Å². The van der Waals surface area contributed by atoms with Crippen LogP contribution in [0.4, 0.5) is 5.69 Å². The van der Waals surface area contributed by atoms with Crippen molar-refractivity contribution in [1.82, 2.24) is 4.90 Å². The second-order valence-electron chi connectivity index (χ2n) is 7.59. The minimum atomic E-state index is -0.462. The van der Waals surface area contributed by atoms with Gasteiger partial charge in [-0.2, -0.15) is 0 Å². The molecule has 7 heteroatoms. The van der Waals surface area contributed by atoms with E-state index >= 15 is 0 Å². The number of para-hydroxylation sites is 1. The molecule has 0 atom stereocenters. The molecule has 0 aliphatic carbocycles. The molecule has 3 aromatic rings. The molecule has 1 aliphatic rings. The molecule has 7 nitrogen and oxygen atoms in total. The van der Waals surface area contributed by atoms with Crippen molar-refractivity contribution < 1.29 is 19.4 Å². The number of nitrogens with zero attached hydrogens (tertiary/aromatic N) is 2. The zero-order valence-electron chi connectivity index (χ0n) is 17.1. The smallest absolute Gasteiger partial charge is 0.269 e. The van der Waals surface area contributed by atoms with Crippen LogP contribution >= 0.6 is 0 Å². The van der Waals surface area contributed by atoms with Gasteiger partial charge in [-0.1, -0.05) is 30.3 Å². The van der Waals surface area contributed by atoms with Gasteiger partial charge in [0.15, 0.2) is 0 Å². The number of piperazine rings is 1. The van der Waals surface area contributed by atoms with Gasteiger partial charge >= 0.3 is 0 Å². The van der Waals surface area contributed by atoms with E-state index in [4.69, 9.17) is 4.74 Å². The predicted molar refractivity (Wildman–Crippen MR) is 116 cm³/mol. The second kappa shape index (κ2) is 9.40. The van der Waals surface area contributed by atoms with Crippen molar-refractivity contribution in [3.8, 4) is 11.5 Å². The van der Waals surface area contributed by atoms with Gasteiger partial charge < -0.3 is 14.5 Å². The van der Waals surface area contributed by atoms with Crippen molar-refractivity contribution in [2.75, 3.05) is 26.2 Å². The Kier molecular flexibility index (Phi) is 6.24. The quantitative estimate of drug-likeness (QED) is 0.493. The van der Waals surface area contributed by atoms with Crippen molar-refractivity contribution >= 4 is 11.6 Å². The molecule has 1 aliphatic heterocycles. The first kappa shape index (κ1) is 20.6. The topological polar surface area (TPSA) is 77.1 Å². The number of nitrogens with one attached hydrogen (secondary N) is 1. The zero-order valence-corrected chi connectivity index (χ0v) is 17.1. The molecule has 1 saturated heterocycles. The molecule has 3 aromatic carbocycles. The maximum absolute atomic E-state index is 12.7. The molecule has 4 rings (SSSR count). The molecule has 0 saturated carbocycles. The highest BCUT2D eigenvalue weighted by atomic mass is 16.6. The molecule has 158 valence electrons. The van der Waals surface area contributed by atoms with Gasteiger partial charge in [0, 0.05) is 23.3 Å². The third-order valence-electron chi connectivity index (χ3n) is 5.41. The Balaban J connectivity index is 1.31. The van der Waals surface area contributed by atoms with Crippen LogP contribution < -0.4 is 9.64 Å². The van der Waals surface area contributed by atoms with Crippen LogP contribution in [-0.4, -0.2) is 41.9 Å². The minimum absolute atomic E-state index is 0.00992. The maximum atomic E-state index is 12.7. The molecular weight excluding hydrogens is 394 g/mol. The number of benzene rings is 3. The number of ether oxygens (including phenoxy) is 1. The highest BCUT2D eigenvalue weighted by Crippen LogP contribution is 2.21. The number of amides is 1. The average molecular weight is 418 g/mol. The summed E-state index contributed by atoms with van der Waals surface area (Å²) in [4.78, 5) is 26.2. The van der Waals surface area contributed by atoms with E-state index in [1.165, 1.54) is 34.7 Å². The lowest BCUT2D eigenvalue weighted by Gasteiger charge is -2.32. The minimum Gasteiger partial charge on any atom is -0.457 e. The number of rotatable bonds is 6. The molecular formula is C24H24N3O4+. The van der Waals surface area contributed by atoms with Crippen LogP contribution in [0.15, 0.2) is 78.9 Å². The molecule has 0 unspecified atom stereocenters. The molecule has 1 amide bonds. The largest absolute Gasteiger partial charge is 0.457 e. The predicted octanol–water partition coefficient (Wildman–Crippen LogP) is 2.93. The van der Waals surface area contributed by atoms with E-state index in [2.05, 4.69) is 12.1 Å². The van der Waals surface area contributed by atoms with Gasteiger partial charge in [0.1, 0.15) is 18.0 Å². The van der Waals surface area contributed by atoms with Gasteiger partial charge in [0.25, 0.3) is 11.6 Å². The summed E-state index contributed by atoms with van der Waals surface area (Å²) in [6, 6.07) is 23.6. The Morgan fingerprint density at radius 1 is 0.935 bits per heavy atom. The Morgan fingerprint density at radius 3 is 2.29 bits per heavy atom. The number of carbonyl (C=O) groups excluding carboxylic acids is 1. The summed E-state index contributed by atoms with van der Waals surface area (Å²) in [6.07, 6.45) is 0. The van der Waals surface area contributed by atoms with Gasteiger partial charge in [0.05, 0.1) is 31.1 Å². The summed E-state index contributed by atoms with van der Waals surface area (Å²) in [6.45, 7) is 3.88. The summed E-state index contributed by atoms with van der Waals surface area (Å²) in [5, 5.41) is 10.8. The molecule has 0 aromatic heterocycles. The van der Waals surface area contributed by atoms with Gasteiger partial charge in [-0.05, 0) is 36.4 Å². The summed E-state index contributed by atoms with van der Waals surface area (Å²) >= 11 is 0. The number of hydrogen-bond donors (Lipinski definition) is 1. The van der Waals surface area contributed by atoms with Crippen LogP contribution in [0.25, 0.3) is 0 Å². The number of non-ortho nitro benzene ring substituents is 1. The third kappa shape index (κ3) is 5.26. The maximum Gasteiger partial charge on any atom is 0.269 e. The molecule has 1 fully saturated rings. The fourth-order valence-corrected chi connectivity index (χ4v) is 3.74. The normalized spacial score (nSPS) is 14.3. The molecule has 1 heterocycles. The summed E-state index contributed by atoms with van der Waals surface area (Å²) in [7, 11) is 0. The van der Waals surface area contributed by atoms with E-state index in [0.29, 0.717) is 18.7 Å². The van der Waals surface area contributed by atoms with Crippen LogP contribution in [0.3, 0.4) is 0 Å². The third-order valence-corrected chi connectivity index (χ3v) is 5.41. The van der Waals surface area contributed by atoms with Crippen LogP contribution in [0.2, 0.25) is 0 Å². The lowest BCUT2D eigenvalue weighted by atomic mass is 10.1. The fourth-order valence-electron chi connectivity index (χ4n) is 3.74. The van der Waals surface area contributed by atoms with Crippen LogP contribution in [0, 0.1) is 10.1 Å². The van der Waals surface area contributed by atoms with Gasteiger partial charge in [-0.15, -0.1) is 0 Å². The van der Waals surface area contributed by atoms with E-state index in [-0.39, 0.29) is 11.6 Å². The highest BCUT2D eigenvalue weighted by Gasteiger charge is 2.25. The number of nitro groups is 1. The molecule has 0 spiro atoms. The van der Waals surface area contributed by atoms with Crippen molar-refractivity contribution in [2.45, 2.75) is 6.54 Å². The van der Waals surface area contributed by atoms with E-state index in [1.807, 2.05) is 47.4 Å². The monoisotopic (exact) mass is 418 g/mol. The van der Waals surface area contributed by atoms with Crippen molar-refractivity contribution in [1.29, 1.82) is 0 Å². The van der Waals surface area contributed by atoms with Crippen LogP contribution in [-0.2, 0) is 6.54 Å². The number of carbonyl (C=O) groups is 1. The first-order chi connectivity index (χ1) is 15.1. The Bertz CT molecular complexity index is 1050. The number of hydrogen-bond acceptors (Lipinski definition) is 4. The average Bonchev–Trinajstić information content (AvgIpc) is 2.80. The van der Waals surface area contributed by atoms with Crippen LogP contribution in [0.5, 0.6) is 11.5 Å². The Morgan fingerprint density at radius 2 is 1.61 bits per heavy atom. The summed E-state index contributed by atoms with van der Waals surface area (Å²) in [5.74, 6) is 1.55. The van der Waals surface area contributed by atoms with Crippen molar-refractivity contribution in [2.24, 2.45) is 0 Å². The zero-order chi connectivity index (χ0) is 21.6. The molecule has 0 bridgehead atoms. The molecule has 0 radical (unpaired) electrons. The van der Waals surface area contributed by atoms with Gasteiger partial charge in [0.2, 0.25) is 0 Å².